The van der Waals surface area contributed by atoms with Gasteiger partial charge in [-0.1, -0.05) is 27.2 Å². The topological polar surface area (TPSA) is 32.6 Å². The van der Waals surface area contributed by atoms with Crippen LogP contribution in [0.15, 0.2) is 4.99 Å². The quantitative estimate of drug-likeness (QED) is 0.590. The Morgan fingerprint density at radius 2 is 1.73 bits per heavy atom. The number of aliphatic imine (C=N–C) groups is 1. The van der Waals surface area contributed by atoms with Crippen molar-refractivity contribution in [1.82, 2.24) is 0 Å². The van der Waals surface area contributed by atoms with E-state index < -0.39 is 5.60 Å². The van der Waals surface area contributed by atoms with E-state index in [4.69, 9.17) is 0 Å². The molecule has 1 radical (unpaired) electrons. The minimum atomic E-state index is -0.709. The molecule has 0 rings (SSSR count). The number of rotatable bonds is 5. The standard InChI is InChI=1S/C12H25NO.Ho/c1-7-8-12(14,9(2)3)11(6)13-10(4)5;/h9-10,14H,7-8H2,1-6H3;. The van der Waals surface area contributed by atoms with Gasteiger partial charge in [-0.3, -0.25) is 4.99 Å². The summed E-state index contributed by atoms with van der Waals surface area (Å²) in [5.41, 5.74) is 0.170. The molecule has 0 aromatic carbocycles. The summed E-state index contributed by atoms with van der Waals surface area (Å²) in [6.45, 7) is 12.2. The molecule has 0 aromatic rings. The molecule has 1 unspecified atom stereocenters. The first-order chi connectivity index (χ1) is 6.34. The molecule has 3 heteroatoms. The van der Waals surface area contributed by atoms with E-state index in [-0.39, 0.29) is 49.7 Å². The van der Waals surface area contributed by atoms with E-state index in [1.165, 1.54) is 0 Å². The molecule has 1 atom stereocenters. The van der Waals surface area contributed by atoms with Crippen molar-refractivity contribution in [2.75, 3.05) is 0 Å². The largest absolute Gasteiger partial charge is 0.384 e. The van der Waals surface area contributed by atoms with E-state index in [9.17, 15) is 5.11 Å². The number of nitrogens with zero attached hydrogens (tertiary/aromatic N) is 1. The van der Waals surface area contributed by atoms with Crippen molar-refractivity contribution >= 4 is 5.71 Å². The molecule has 0 fully saturated rings. The van der Waals surface area contributed by atoms with Crippen LogP contribution in [-0.2, 0) is 0 Å². The zero-order valence-corrected chi connectivity index (χ0v) is 12.7. The monoisotopic (exact) mass is 364 g/mol. The third-order valence-electron chi connectivity index (χ3n) is 2.66. The molecule has 0 aliphatic heterocycles. The molecule has 0 aliphatic carbocycles. The minimum Gasteiger partial charge on any atom is -0.384 e. The molecule has 15 heavy (non-hydrogen) atoms. The van der Waals surface area contributed by atoms with Gasteiger partial charge in [0.2, 0.25) is 0 Å². The van der Waals surface area contributed by atoms with Crippen LogP contribution >= 0.6 is 0 Å². The summed E-state index contributed by atoms with van der Waals surface area (Å²) in [7, 11) is 0. The van der Waals surface area contributed by atoms with Crippen LogP contribution in [-0.4, -0.2) is 22.5 Å². The maximum atomic E-state index is 10.5. The smallest absolute Gasteiger partial charge is 0.104 e. The van der Waals surface area contributed by atoms with E-state index in [1.807, 2.05) is 20.8 Å². The Bertz CT molecular complexity index is 202. The van der Waals surface area contributed by atoms with Gasteiger partial charge in [-0.2, -0.15) is 0 Å². The van der Waals surface area contributed by atoms with Crippen LogP contribution in [0.25, 0.3) is 0 Å². The maximum absolute atomic E-state index is 10.5. The number of hydrogen-bond donors (Lipinski definition) is 1. The molecule has 0 aliphatic rings. The second kappa shape index (κ2) is 8.05. The Hall–Kier alpha value is 0.890. The van der Waals surface area contributed by atoms with Gasteiger partial charge in [-0.15, -0.1) is 0 Å². The van der Waals surface area contributed by atoms with Gasteiger partial charge >= 0.3 is 0 Å². The Labute approximate surface area is 125 Å². The Morgan fingerprint density at radius 3 is 2.00 bits per heavy atom. The fourth-order valence-corrected chi connectivity index (χ4v) is 1.77. The average molecular weight is 364 g/mol. The van der Waals surface area contributed by atoms with Crippen molar-refractivity contribution in [2.24, 2.45) is 10.9 Å². The first-order valence-electron chi connectivity index (χ1n) is 5.61. The average Bonchev–Trinajstić information content (AvgIpc) is 2.02. The summed E-state index contributed by atoms with van der Waals surface area (Å²) in [6, 6.07) is 0.261. The molecule has 0 bridgehead atoms. The molecule has 1 N–H and O–H groups in total. The van der Waals surface area contributed by atoms with E-state index in [2.05, 4.69) is 25.8 Å². The molecule has 0 aromatic heterocycles. The zero-order chi connectivity index (χ0) is 11.4. The first kappa shape index (κ1) is 18.3. The fourth-order valence-electron chi connectivity index (χ4n) is 1.77. The van der Waals surface area contributed by atoms with Crippen LogP contribution < -0.4 is 0 Å². The summed E-state index contributed by atoms with van der Waals surface area (Å²) < 4.78 is 0. The molecule has 0 saturated carbocycles. The van der Waals surface area contributed by atoms with Crippen LogP contribution in [0.5, 0.6) is 0 Å². The third-order valence-corrected chi connectivity index (χ3v) is 2.66. The fraction of sp³-hybridized carbons (Fsp3) is 0.917. The Morgan fingerprint density at radius 1 is 1.27 bits per heavy atom. The molecule has 0 spiro atoms. The SMILES string of the molecule is CCCC(O)(C(C)=NC(C)C)C(C)C.[Ho]. The van der Waals surface area contributed by atoms with Crippen LogP contribution in [0.4, 0.5) is 0 Å². The van der Waals surface area contributed by atoms with Crippen molar-refractivity contribution in [3.05, 3.63) is 0 Å². The molecule has 0 heterocycles. The van der Waals surface area contributed by atoms with Gasteiger partial charge in [-0.25, -0.2) is 0 Å². The van der Waals surface area contributed by atoms with Crippen LogP contribution in [0.3, 0.4) is 0 Å². The summed E-state index contributed by atoms with van der Waals surface area (Å²) in [4.78, 5) is 4.46. The Kier molecular flexibility index (Phi) is 9.80. The van der Waals surface area contributed by atoms with Crippen LogP contribution in [0, 0.1) is 43.7 Å². The van der Waals surface area contributed by atoms with Crippen molar-refractivity contribution in [2.45, 2.75) is 66.0 Å². The Balaban J connectivity index is 0. The molecule has 95 valence electrons. The molecular formula is C12H25HoNO. The van der Waals surface area contributed by atoms with Gasteiger partial charge in [0.25, 0.3) is 0 Å². The zero-order valence-electron chi connectivity index (χ0n) is 10.8. The van der Waals surface area contributed by atoms with Crippen LogP contribution in [0.1, 0.15) is 54.4 Å². The summed E-state index contributed by atoms with van der Waals surface area (Å²) in [5, 5.41) is 10.5. The molecule has 2 nitrogen and oxygen atoms in total. The minimum absolute atomic E-state index is 0. The van der Waals surface area contributed by atoms with E-state index in [0.717, 1.165) is 18.6 Å². The van der Waals surface area contributed by atoms with Gasteiger partial charge in [-0.05, 0) is 33.1 Å². The second-order valence-corrected chi connectivity index (χ2v) is 4.64. The predicted molar refractivity (Wildman–Crippen MR) is 62.9 cm³/mol. The summed E-state index contributed by atoms with van der Waals surface area (Å²) in [6.07, 6.45) is 1.78. The normalized spacial score (nSPS) is 16.5. The molecule has 0 saturated heterocycles. The summed E-state index contributed by atoms with van der Waals surface area (Å²) in [5.74, 6) is 0.227. The number of aliphatic hydroxyl groups is 1. The second-order valence-electron chi connectivity index (χ2n) is 4.64. The van der Waals surface area contributed by atoms with Gasteiger partial charge in [0, 0.05) is 49.5 Å². The van der Waals surface area contributed by atoms with E-state index in [0.29, 0.717) is 0 Å². The van der Waals surface area contributed by atoms with Crippen molar-refractivity contribution in [3.63, 3.8) is 0 Å². The summed E-state index contributed by atoms with van der Waals surface area (Å²) >= 11 is 0. The molecule has 0 amide bonds. The van der Waals surface area contributed by atoms with Crippen molar-refractivity contribution in [1.29, 1.82) is 0 Å². The van der Waals surface area contributed by atoms with Crippen LogP contribution in [0.2, 0.25) is 0 Å². The van der Waals surface area contributed by atoms with Crippen molar-refractivity contribution < 1.29 is 42.8 Å². The van der Waals surface area contributed by atoms with E-state index >= 15 is 0 Å². The third kappa shape index (κ3) is 5.67. The van der Waals surface area contributed by atoms with Gasteiger partial charge < -0.3 is 5.11 Å². The maximum Gasteiger partial charge on any atom is 0.104 e. The van der Waals surface area contributed by atoms with Crippen molar-refractivity contribution in [3.8, 4) is 0 Å². The van der Waals surface area contributed by atoms with E-state index in [1.54, 1.807) is 0 Å². The van der Waals surface area contributed by atoms with Gasteiger partial charge in [0.05, 0.1) is 0 Å². The predicted octanol–water partition coefficient (Wildman–Crippen LogP) is 3.04. The first-order valence-corrected chi connectivity index (χ1v) is 5.61. The van der Waals surface area contributed by atoms with Gasteiger partial charge in [0.1, 0.15) is 5.60 Å². The number of hydrogen-bond acceptors (Lipinski definition) is 2. The molecular weight excluding hydrogens is 339 g/mol. The van der Waals surface area contributed by atoms with Gasteiger partial charge in [0.15, 0.2) is 0 Å².